The molecule has 128 valence electrons. The largest absolute Gasteiger partial charge is 0.505 e. The molecule has 2 bridgehead atoms. The second-order valence-electron chi connectivity index (χ2n) is 7.13. The van der Waals surface area contributed by atoms with E-state index in [4.69, 9.17) is 9.84 Å². The van der Waals surface area contributed by atoms with Crippen LogP contribution in [0.2, 0.25) is 0 Å². The molecular formula is C17H19NO6. The molecule has 3 rings (SSSR count). The molecule has 2 atom stereocenters. The van der Waals surface area contributed by atoms with E-state index in [0.717, 1.165) is 0 Å². The first-order valence-electron chi connectivity index (χ1n) is 7.67. The van der Waals surface area contributed by atoms with E-state index in [-0.39, 0.29) is 11.3 Å². The van der Waals surface area contributed by atoms with Gasteiger partial charge in [-0.15, -0.1) is 0 Å². The Balaban J connectivity index is 1.96. The number of esters is 1. The fourth-order valence-electron chi connectivity index (χ4n) is 3.79. The molecule has 24 heavy (non-hydrogen) atoms. The van der Waals surface area contributed by atoms with Crippen LogP contribution in [0.5, 0.6) is 5.75 Å². The Hall–Kier alpha value is -2.57. The summed E-state index contributed by atoms with van der Waals surface area (Å²) >= 11 is 0. The van der Waals surface area contributed by atoms with Crippen LogP contribution in [0.1, 0.15) is 44.0 Å². The van der Waals surface area contributed by atoms with Crippen LogP contribution in [0, 0.1) is 10.8 Å². The fraction of sp³-hybridized carbons (Fsp3) is 0.471. The van der Waals surface area contributed by atoms with Gasteiger partial charge in [0.05, 0.1) is 11.1 Å². The van der Waals surface area contributed by atoms with Crippen molar-refractivity contribution in [2.45, 2.75) is 39.2 Å². The van der Waals surface area contributed by atoms with Crippen LogP contribution in [0.15, 0.2) is 18.2 Å². The predicted octanol–water partition coefficient (Wildman–Crippen LogP) is 2.15. The maximum absolute atomic E-state index is 12.9. The minimum Gasteiger partial charge on any atom is -0.505 e. The number of carbonyl (C=O) groups is 3. The van der Waals surface area contributed by atoms with Crippen molar-refractivity contribution in [1.82, 2.24) is 0 Å². The third kappa shape index (κ3) is 1.75. The van der Waals surface area contributed by atoms with E-state index in [9.17, 15) is 19.5 Å². The number of phenols is 1. The van der Waals surface area contributed by atoms with E-state index in [1.54, 1.807) is 6.92 Å². The fourth-order valence-corrected chi connectivity index (χ4v) is 3.79. The third-order valence-electron chi connectivity index (χ3n) is 5.96. The van der Waals surface area contributed by atoms with Crippen LogP contribution in [-0.2, 0) is 14.3 Å². The maximum atomic E-state index is 12.9. The van der Waals surface area contributed by atoms with Gasteiger partial charge in [-0.3, -0.25) is 9.59 Å². The SMILES string of the molecule is CC12CC[C@](C(=O)Nc3cccc(C(=O)O)c3O)(OC1=O)C2(C)C. The highest BCUT2D eigenvalue weighted by atomic mass is 16.6. The summed E-state index contributed by atoms with van der Waals surface area (Å²) in [5, 5.41) is 21.6. The van der Waals surface area contributed by atoms with Crippen molar-refractivity contribution in [3.05, 3.63) is 23.8 Å². The van der Waals surface area contributed by atoms with Crippen molar-refractivity contribution in [2.75, 3.05) is 5.32 Å². The van der Waals surface area contributed by atoms with Crippen LogP contribution in [0.4, 0.5) is 5.69 Å². The summed E-state index contributed by atoms with van der Waals surface area (Å²) in [7, 11) is 0. The van der Waals surface area contributed by atoms with Gasteiger partial charge in [0.2, 0.25) is 0 Å². The molecule has 1 aliphatic carbocycles. The minimum absolute atomic E-state index is 0.0263. The second-order valence-corrected chi connectivity index (χ2v) is 7.13. The van der Waals surface area contributed by atoms with E-state index >= 15 is 0 Å². The number of ether oxygens (including phenoxy) is 1. The molecule has 0 aromatic heterocycles. The Morgan fingerprint density at radius 3 is 2.38 bits per heavy atom. The molecular weight excluding hydrogens is 314 g/mol. The normalized spacial score (nSPS) is 30.0. The smallest absolute Gasteiger partial charge is 0.339 e. The highest BCUT2D eigenvalue weighted by Crippen LogP contribution is 2.65. The Labute approximate surface area is 138 Å². The van der Waals surface area contributed by atoms with Crippen molar-refractivity contribution < 1.29 is 29.3 Å². The molecule has 1 aliphatic heterocycles. The Bertz CT molecular complexity index is 770. The molecule has 3 N–H and O–H groups in total. The number of hydrogen-bond acceptors (Lipinski definition) is 5. The van der Waals surface area contributed by atoms with Gasteiger partial charge >= 0.3 is 11.9 Å². The van der Waals surface area contributed by atoms with Crippen molar-refractivity contribution >= 4 is 23.5 Å². The number of nitrogens with one attached hydrogen (secondary N) is 1. The average molecular weight is 333 g/mol. The van der Waals surface area contributed by atoms with Crippen molar-refractivity contribution in [3.63, 3.8) is 0 Å². The van der Waals surface area contributed by atoms with E-state index in [1.807, 2.05) is 13.8 Å². The van der Waals surface area contributed by atoms with Gasteiger partial charge in [-0.25, -0.2) is 4.79 Å². The molecule has 1 unspecified atom stereocenters. The molecule has 1 amide bonds. The summed E-state index contributed by atoms with van der Waals surface area (Å²) in [5.41, 5.74) is -3.13. The third-order valence-corrected chi connectivity index (χ3v) is 5.96. The average Bonchev–Trinajstić information content (AvgIpc) is 2.79. The molecule has 7 heteroatoms. The molecule has 1 aromatic rings. The molecule has 1 saturated heterocycles. The summed E-state index contributed by atoms with van der Waals surface area (Å²) < 4.78 is 5.47. The molecule has 2 fully saturated rings. The van der Waals surface area contributed by atoms with Crippen LogP contribution < -0.4 is 5.32 Å². The van der Waals surface area contributed by atoms with Gasteiger partial charge in [0.1, 0.15) is 5.56 Å². The van der Waals surface area contributed by atoms with Gasteiger partial charge in [-0.05, 0) is 31.9 Å². The van der Waals surface area contributed by atoms with Crippen LogP contribution in [0.3, 0.4) is 0 Å². The summed E-state index contributed by atoms with van der Waals surface area (Å²) in [6.45, 7) is 5.43. The van der Waals surface area contributed by atoms with Crippen molar-refractivity contribution in [2.24, 2.45) is 10.8 Å². The zero-order chi connectivity index (χ0) is 17.9. The number of hydrogen-bond donors (Lipinski definition) is 3. The number of carbonyl (C=O) groups excluding carboxylic acids is 2. The van der Waals surface area contributed by atoms with Gasteiger partial charge in [0.25, 0.3) is 5.91 Å². The minimum atomic E-state index is -1.33. The molecule has 0 radical (unpaired) electrons. The molecule has 1 saturated carbocycles. The number of aromatic hydroxyl groups is 1. The Morgan fingerprint density at radius 2 is 1.88 bits per heavy atom. The number of para-hydroxylation sites is 1. The number of fused-ring (bicyclic) bond motifs is 2. The van der Waals surface area contributed by atoms with Gasteiger partial charge in [0, 0.05) is 5.41 Å². The van der Waals surface area contributed by atoms with E-state index < -0.39 is 40.0 Å². The number of anilines is 1. The zero-order valence-electron chi connectivity index (χ0n) is 13.7. The number of rotatable bonds is 3. The second kappa shape index (κ2) is 4.72. The monoisotopic (exact) mass is 333 g/mol. The molecule has 7 nitrogen and oxygen atoms in total. The molecule has 0 spiro atoms. The predicted molar refractivity (Wildman–Crippen MR) is 83.6 cm³/mol. The summed E-state index contributed by atoms with van der Waals surface area (Å²) in [6, 6.07) is 4.05. The van der Waals surface area contributed by atoms with Gasteiger partial charge in [0.15, 0.2) is 11.4 Å². The highest BCUT2D eigenvalue weighted by Gasteiger charge is 2.75. The lowest BCUT2D eigenvalue weighted by atomic mass is 9.66. The number of benzene rings is 1. The zero-order valence-corrected chi connectivity index (χ0v) is 13.7. The summed E-state index contributed by atoms with van der Waals surface area (Å²) in [5.74, 6) is -2.79. The van der Waals surface area contributed by atoms with Crippen molar-refractivity contribution in [1.29, 1.82) is 0 Å². The number of amides is 1. The Morgan fingerprint density at radius 1 is 1.21 bits per heavy atom. The lowest BCUT2D eigenvalue weighted by Crippen LogP contribution is -2.50. The van der Waals surface area contributed by atoms with Crippen LogP contribution in [-0.4, -0.2) is 33.7 Å². The number of aromatic carboxylic acids is 1. The first-order chi connectivity index (χ1) is 11.1. The molecule has 1 heterocycles. The van der Waals surface area contributed by atoms with Crippen molar-refractivity contribution in [3.8, 4) is 5.75 Å². The Kier molecular flexibility index (Phi) is 3.20. The highest BCUT2D eigenvalue weighted by molar-refractivity contribution is 6.05. The van der Waals surface area contributed by atoms with Crippen LogP contribution in [0.25, 0.3) is 0 Å². The standard InChI is InChI=1S/C17H19NO6/c1-15(2)16(3)7-8-17(15,24-14(16)23)13(22)18-10-6-4-5-9(11(10)19)12(20)21/h4-6,19H,7-8H2,1-3H3,(H,18,22)(H,20,21)/t16?,17-/m1/s1. The lowest BCUT2D eigenvalue weighted by molar-refractivity contribution is -0.165. The quantitative estimate of drug-likeness (QED) is 0.577. The summed E-state index contributed by atoms with van der Waals surface area (Å²) in [6.07, 6.45) is 0.918. The topological polar surface area (TPSA) is 113 Å². The van der Waals surface area contributed by atoms with Gasteiger partial charge in [-0.1, -0.05) is 19.9 Å². The summed E-state index contributed by atoms with van der Waals surface area (Å²) in [4.78, 5) is 36.2. The van der Waals surface area contributed by atoms with E-state index in [2.05, 4.69) is 5.32 Å². The number of carboxylic acids is 1. The van der Waals surface area contributed by atoms with E-state index in [1.165, 1.54) is 18.2 Å². The first-order valence-corrected chi connectivity index (χ1v) is 7.67. The maximum Gasteiger partial charge on any atom is 0.339 e. The molecule has 1 aromatic carbocycles. The van der Waals surface area contributed by atoms with Gasteiger partial charge < -0.3 is 20.3 Å². The lowest BCUT2D eigenvalue weighted by Gasteiger charge is -2.35. The van der Waals surface area contributed by atoms with Crippen LogP contribution >= 0.6 is 0 Å². The van der Waals surface area contributed by atoms with Gasteiger partial charge in [-0.2, -0.15) is 0 Å². The first kappa shape index (κ1) is 16.3. The van der Waals surface area contributed by atoms with E-state index in [0.29, 0.717) is 12.8 Å². The number of carboxylic acid groups (broad SMARTS) is 1. The molecule has 2 aliphatic rings.